The molecule has 27 heavy (non-hydrogen) atoms. The van der Waals surface area contributed by atoms with Gasteiger partial charge in [-0.05, 0) is 76.4 Å². The zero-order valence-electron chi connectivity index (χ0n) is 16.3. The fourth-order valence-electron chi connectivity index (χ4n) is 3.48. The Hall–Kier alpha value is -2.21. The van der Waals surface area contributed by atoms with E-state index in [9.17, 15) is 9.18 Å². The highest BCUT2D eigenvalue weighted by molar-refractivity contribution is 5.81. The Morgan fingerprint density at radius 2 is 2.07 bits per heavy atom. The van der Waals surface area contributed by atoms with Crippen LogP contribution in [0, 0.1) is 11.7 Å². The molecule has 1 N–H and O–H groups in total. The van der Waals surface area contributed by atoms with Gasteiger partial charge in [0, 0.05) is 24.7 Å². The molecule has 6 heteroatoms. The highest BCUT2D eigenvalue weighted by Crippen LogP contribution is 2.23. The molecule has 1 aliphatic heterocycles. The minimum atomic E-state index is -0.477. The van der Waals surface area contributed by atoms with E-state index in [0.29, 0.717) is 19.0 Å². The number of ether oxygens (including phenoxy) is 1. The number of alkyl carbamates (subject to hydrolysis) is 1. The number of hydrogen-bond donors (Lipinski definition) is 1. The summed E-state index contributed by atoms with van der Waals surface area (Å²) >= 11 is 0. The number of carbonyl (C=O) groups is 1. The van der Waals surface area contributed by atoms with E-state index in [1.54, 1.807) is 12.3 Å². The molecule has 0 aliphatic carbocycles. The molecule has 1 amide bonds. The normalized spacial score (nSPS) is 16.4. The summed E-state index contributed by atoms with van der Waals surface area (Å²) in [6, 6.07) is 6.84. The quantitative estimate of drug-likeness (QED) is 0.876. The molecule has 1 saturated heterocycles. The van der Waals surface area contributed by atoms with Crippen molar-refractivity contribution >= 4 is 17.0 Å². The molecule has 1 aromatic carbocycles. The molecule has 5 nitrogen and oxygen atoms in total. The molecule has 3 rings (SSSR count). The van der Waals surface area contributed by atoms with Crippen LogP contribution in [-0.2, 0) is 11.3 Å². The highest BCUT2D eigenvalue weighted by Gasteiger charge is 2.22. The maximum atomic E-state index is 13.9. The van der Waals surface area contributed by atoms with Gasteiger partial charge in [-0.1, -0.05) is 6.07 Å². The van der Waals surface area contributed by atoms with Crippen LogP contribution in [-0.4, -0.2) is 41.2 Å². The average molecular weight is 373 g/mol. The zero-order chi connectivity index (χ0) is 19.4. The summed E-state index contributed by atoms with van der Waals surface area (Å²) in [6.07, 6.45) is 3.38. The number of piperidine rings is 1. The summed E-state index contributed by atoms with van der Waals surface area (Å²) in [4.78, 5) is 18.5. The van der Waals surface area contributed by atoms with Crippen molar-refractivity contribution in [3.05, 3.63) is 41.8 Å². The van der Waals surface area contributed by atoms with Crippen molar-refractivity contribution in [2.45, 2.75) is 45.8 Å². The number of halogens is 1. The van der Waals surface area contributed by atoms with Crippen LogP contribution in [0.3, 0.4) is 0 Å². The maximum absolute atomic E-state index is 13.9. The van der Waals surface area contributed by atoms with E-state index in [1.807, 2.05) is 32.9 Å². The third-order valence-electron chi connectivity index (χ3n) is 4.78. The minimum absolute atomic E-state index is 0.220. The van der Waals surface area contributed by atoms with E-state index in [4.69, 9.17) is 4.74 Å². The average Bonchev–Trinajstić information content (AvgIpc) is 2.59. The van der Waals surface area contributed by atoms with Gasteiger partial charge in [0.25, 0.3) is 0 Å². The number of nitrogens with one attached hydrogen (secondary N) is 1. The van der Waals surface area contributed by atoms with Crippen molar-refractivity contribution in [2.75, 3.05) is 19.6 Å². The lowest BCUT2D eigenvalue weighted by atomic mass is 9.96. The summed E-state index contributed by atoms with van der Waals surface area (Å²) in [6.45, 7) is 8.74. The van der Waals surface area contributed by atoms with Crippen molar-refractivity contribution in [2.24, 2.45) is 5.92 Å². The molecule has 0 unspecified atom stereocenters. The van der Waals surface area contributed by atoms with Crippen molar-refractivity contribution < 1.29 is 13.9 Å². The van der Waals surface area contributed by atoms with Crippen LogP contribution in [0.5, 0.6) is 0 Å². The first-order chi connectivity index (χ1) is 12.8. The number of likely N-dealkylation sites (tertiary alicyclic amines) is 1. The number of aromatic nitrogens is 1. The number of hydrogen-bond acceptors (Lipinski definition) is 4. The van der Waals surface area contributed by atoms with Crippen LogP contribution in [0.25, 0.3) is 10.9 Å². The second-order valence-corrected chi connectivity index (χ2v) is 8.24. The topological polar surface area (TPSA) is 54.5 Å². The van der Waals surface area contributed by atoms with Gasteiger partial charge < -0.3 is 10.1 Å². The van der Waals surface area contributed by atoms with Gasteiger partial charge >= 0.3 is 6.09 Å². The first-order valence-corrected chi connectivity index (χ1v) is 9.52. The zero-order valence-corrected chi connectivity index (χ0v) is 16.3. The van der Waals surface area contributed by atoms with Crippen LogP contribution in [0.4, 0.5) is 9.18 Å². The van der Waals surface area contributed by atoms with Gasteiger partial charge in [0.05, 0.1) is 5.52 Å². The lowest BCUT2D eigenvalue weighted by Crippen LogP contribution is -2.40. The van der Waals surface area contributed by atoms with Crippen molar-refractivity contribution in [1.29, 1.82) is 0 Å². The van der Waals surface area contributed by atoms with E-state index in [2.05, 4.69) is 15.2 Å². The van der Waals surface area contributed by atoms with Gasteiger partial charge in [-0.25, -0.2) is 9.18 Å². The highest BCUT2D eigenvalue weighted by atomic mass is 19.1. The second kappa shape index (κ2) is 8.21. The van der Waals surface area contributed by atoms with Crippen LogP contribution >= 0.6 is 0 Å². The second-order valence-electron chi connectivity index (χ2n) is 8.24. The number of amides is 1. The number of rotatable bonds is 4. The van der Waals surface area contributed by atoms with Gasteiger partial charge in [0.15, 0.2) is 0 Å². The third kappa shape index (κ3) is 5.63. The van der Waals surface area contributed by atoms with Crippen LogP contribution in [0.2, 0.25) is 0 Å². The van der Waals surface area contributed by atoms with E-state index >= 15 is 0 Å². The number of fused-ring (bicyclic) bond motifs is 1. The summed E-state index contributed by atoms with van der Waals surface area (Å²) in [7, 11) is 0. The Morgan fingerprint density at radius 1 is 1.33 bits per heavy atom. The summed E-state index contributed by atoms with van der Waals surface area (Å²) in [5, 5.41) is 3.70. The minimum Gasteiger partial charge on any atom is -0.444 e. The summed E-state index contributed by atoms with van der Waals surface area (Å²) in [5.74, 6) is 0.220. The number of carbonyl (C=O) groups excluding carboxylic acids is 1. The Morgan fingerprint density at radius 3 is 2.78 bits per heavy atom. The molecule has 1 aromatic heterocycles. The Labute approximate surface area is 159 Å². The molecular formula is C21H28FN3O2. The SMILES string of the molecule is CC(C)(C)OC(=O)NCC1CCN(Cc2cc(F)cc3cccnc23)CC1. The predicted molar refractivity (Wildman–Crippen MR) is 104 cm³/mol. The number of nitrogens with zero attached hydrogens (tertiary/aromatic N) is 2. The standard InChI is InChI=1S/C21H28FN3O2/c1-21(2,3)27-20(26)24-13-15-6-9-25(10-7-15)14-17-12-18(22)11-16-5-4-8-23-19(16)17/h4-5,8,11-12,15H,6-7,9-10,13-14H2,1-3H3,(H,24,26). The summed E-state index contributed by atoms with van der Waals surface area (Å²) < 4.78 is 19.2. The van der Waals surface area contributed by atoms with Gasteiger partial charge in [-0.3, -0.25) is 9.88 Å². The molecule has 1 fully saturated rings. The largest absolute Gasteiger partial charge is 0.444 e. The molecule has 0 saturated carbocycles. The molecule has 2 heterocycles. The van der Waals surface area contributed by atoms with Crippen molar-refractivity contribution in [1.82, 2.24) is 15.2 Å². The monoisotopic (exact) mass is 373 g/mol. The Kier molecular flexibility index (Phi) is 5.95. The van der Waals surface area contributed by atoms with Gasteiger partial charge in [0.2, 0.25) is 0 Å². The predicted octanol–water partition coefficient (Wildman–Crippen LogP) is 4.11. The molecule has 146 valence electrons. The van der Waals surface area contributed by atoms with E-state index in [-0.39, 0.29) is 11.9 Å². The maximum Gasteiger partial charge on any atom is 0.407 e. The van der Waals surface area contributed by atoms with Gasteiger partial charge in [-0.2, -0.15) is 0 Å². The lowest BCUT2D eigenvalue weighted by Gasteiger charge is -2.32. The lowest BCUT2D eigenvalue weighted by molar-refractivity contribution is 0.0509. The van der Waals surface area contributed by atoms with E-state index in [0.717, 1.165) is 42.4 Å². The van der Waals surface area contributed by atoms with Crippen molar-refractivity contribution in [3.63, 3.8) is 0 Å². The molecule has 0 spiro atoms. The van der Waals surface area contributed by atoms with Crippen molar-refractivity contribution in [3.8, 4) is 0 Å². The Balaban J connectivity index is 1.51. The van der Waals surface area contributed by atoms with Gasteiger partial charge in [0.1, 0.15) is 11.4 Å². The fraction of sp³-hybridized carbons (Fsp3) is 0.524. The number of pyridine rings is 1. The van der Waals surface area contributed by atoms with Crippen LogP contribution in [0.15, 0.2) is 30.5 Å². The van der Waals surface area contributed by atoms with E-state index in [1.165, 1.54) is 6.07 Å². The Bertz CT molecular complexity index is 796. The van der Waals surface area contributed by atoms with E-state index < -0.39 is 5.60 Å². The molecular weight excluding hydrogens is 345 g/mol. The molecule has 0 bridgehead atoms. The van der Waals surface area contributed by atoms with Crippen LogP contribution in [0.1, 0.15) is 39.2 Å². The smallest absolute Gasteiger partial charge is 0.407 e. The number of benzene rings is 1. The third-order valence-corrected chi connectivity index (χ3v) is 4.78. The fourth-order valence-corrected chi connectivity index (χ4v) is 3.48. The first-order valence-electron chi connectivity index (χ1n) is 9.52. The molecule has 2 aromatic rings. The van der Waals surface area contributed by atoms with Gasteiger partial charge in [-0.15, -0.1) is 0 Å². The molecule has 0 atom stereocenters. The first kappa shape index (κ1) is 19.5. The molecule has 0 radical (unpaired) electrons. The molecule has 1 aliphatic rings. The van der Waals surface area contributed by atoms with Crippen LogP contribution < -0.4 is 5.32 Å². The summed E-state index contributed by atoms with van der Waals surface area (Å²) in [5.41, 5.74) is 1.32.